The molecule has 0 amide bonds. The van der Waals surface area contributed by atoms with Crippen LogP contribution in [-0.2, 0) is 0 Å². The van der Waals surface area contributed by atoms with Crippen LogP contribution in [0.15, 0.2) is 30.3 Å². The summed E-state index contributed by atoms with van der Waals surface area (Å²) in [5.74, 6) is 1.71. The molecule has 19 heavy (non-hydrogen) atoms. The summed E-state index contributed by atoms with van der Waals surface area (Å²) in [6.45, 7) is 6.90. The molecule has 0 N–H and O–H groups in total. The number of ether oxygens (including phenoxy) is 1. The van der Waals surface area contributed by atoms with Crippen molar-refractivity contribution in [2.75, 3.05) is 7.11 Å². The second-order valence-electron chi connectivity index (χ2n) is 6.56. The van der Waals surface area contributed by atoms with E-state index in [-0.39, 0.29) is 5.82 Å². The fourth-order valence-corrected chi connectivity index (χ4v) is 2.84. The summed E-state index contributed by atoms with van der Waals surface area (Å²) < 4.78 is 5.47. The summed E-state index contributed by atoms with van der Waals surface area (Å²) in [5.41, 5.74) is 2.81. The zero-order valence-electron chi connectivity index (χ0n) is 12.4. The maximum absolute atomic E-state index is 6.22. The average Bonchev–Trinajstić information content (AvgIpc) is 2.37. The average molecular weight is 254 g/mol. The van der Waals surface area contributed by atoms with Crippen molar-refractivity contribution in [1.82, 2.24) is 0 Å². The third-order valence-corrected chi connectivity index (χ3v) is 4.12. The van der Waals surface area contributed by atoms with Crippen molar-refractivity contribution < 1.29 is 4.74 Å². The molecule has 2 unspecified atom stereocenters. The molecule has 0 fully saturated rings. The van der Waals surface area contributed by atoms with Crippen LogP contribution < -0.4 is 4.74 Å². The summed E-state index contributed by atoms with van der Waals surface area (Å²) in [5, 5.41) is 0. The van der Waals surface area contributed by atoms with Gasteiger partial charge in [0.1, 0.15) is 5.75 Å². The number of benzene rings is 1. The molecule has 2 rings (SSSR count). The number of hydrogen-bond donors (Lipinski definition) is 0. The zero-order chi connectivity index (χ0) is 14.0. The van der Waals surface area contributed by atoms with Crippen molar-refractivity contribution in [2.24, 2.45) is 11.3 Å². The molecule has 1 aromatic carbocycles. The van der Waals surface area contributed by atoms with E-state index in [1.54, 1.807) is 7.11 Å². The Hall–Kier alpha value is -1.18. The Morgan fingerprint density at radius 1 is 1.21 bits per heavy atom. The van der Waals surface area contributed by atoms with Gasteiger partial charge in [-0.2, -0.15) is 0 Å². The molecular formula is C17H23BO. The van der Waals surface area contributed by atoms with E-state index in [4.69, 9.17) is 12.6 Å². The summed E-state index contributed by atoms with van der Waals surface area (Å²) in [7, 11) is 7.95. The smallest absolute Gasteiger partial charge is 0.126 e. The standard InChI is InChI=1S/C17H23BO/c1-17(2,3)13-9-12(10-14(18)11-13)15-7-5-6-8-16(15)19-4/h5-8,10,13-14H,9,11H2,1-4H3. The van der Waals surface area contributed by atoms with E-state index in [0.29, 0.717) is 11.3 Å². The Labute approximate surface area is 118 Å². The highest BCUT2D eigenvalue weighted by atomic mass is 16.5. The first-order valence-corrected chi connectivity index (χ1v) is 7.01. The Morgan fingerprint density at radius 2 is 1.89 bits per heavy atom. The first-order valence-electron chi connectivity index (χ1n) is 7.01. The normalized spacial score (nSPS) is 23.9. The van der Waals surface area contributed by atoms with Crippen LogP contribution in [-0.4, -0.2) is 15.0 Å². The molecule has 1 aliphatic carbocycles. The van der Waals surface area contributed by atoms with E-state index in [1.807, 2.05) is 12.1 Å². The van der Waals surface area contributed by atoms with Crippen LogP contribution in [0, 0.1) is 11.3 Å². The molecule has 0 spiro atoms. The molecule has 1 aliphatic rings. The predicted octanol–water partition coefficient (Wildman–Crippen LogP) is 4.49. The minimum Gasteiger partial charge on any atom is -0.496 e. The molecule has 0 bridgehead atoms. The molecule has 2 radical (unpaired) electrons. The van der Waals surface area contributed by atoms with Crippen molar-refractivity contribution in [3.05, 3.63) is 35.9 Å². The minimum absolute atomic E-state index is 0.151. The van der Waals surface area contributed by atoms with Gasteiger partial charge in [-0.05, 0) is 29.4 Å². The van der Waals surface area contributed by atoms with Crippen LogP contribution in [0.5, 0.6) is 5.75 Å². The SMILES string of the molecule is [B]C1C=C(c2ccccc2OC)CC(C(C)(C)C)C1. The first-order chi connectivity index (χ1) is 8.91. The van der Waals surface area contributed by atoms with Crippen LogP contribution in [0.2, 0.25) is 5.82 Å². The molecule has 1 nitrogen and oxygen atoms in total. The third kappa shape index (κ3) is 3.23. The highest BCUT2D eigenvalue weighted by Crippen LogP contribution is 2.45. The van der Waals surface area contributed by atoms with Crippen LogP contribution in [0.3, 0.4) is 0 Å². The van der Waals surface area contributed by atoms with E-state index < -0.39 is 0 Å². The molecule has 0 aliphatic heterocycles. The van der Waals surface area contributed by atoms with Gasteiger partial charge in [0.05, 0.1) is 15.0 Å². The number of allylic oxidation sites excluding steroid dienone is 2. The highest BCUT2D eigenvalue weighted by Gasteiger charge is 2.30. The Bertz CT molecular complexity index is 470. The molecule has 0 saturated carbocycles. The van der Waals surface area contributed by atoms with Crippen LogP contribution >= 0.6 is 0 Å². The van der Waals surface area contributed by atoms with Gasteiger partial charge in [0, 0.05) is 5.56 Å². The largest absolute Gasteiger partial charge is 0.496 e. The lowest BCUT2D eigenvalue weighted by atomic mass is 9.64. The number of rotatable bonds is 2. The quantitative estimate of drug-likeness (QED) is 0.706. The molecule has 0 aromatic heterocycles. The van der Waals surface area contributed by atoms with E-state index in [1.165, 1.54) is 11.1 Å². The molecule has 0 heterocycles. The van der Waals surface area contributed by atoms with Crippen molar-refractivity contribution in [2.45, 2.75) is 39.4 Å². The van der Waals surface area contributed by atoms with Gasteiger partial charge >= 0.3 is 0 Å². The lowest BCUT2D eigenvalue weighted by Crippen LogP contribution is -2.24. The van der Waals surface area contributed by atoms with Gasteiger partial charge in [-0.3, -0.25) is 0 Å². The number of methoxy groups -OCH3 is 1. The van der Waals surface area contributed by atoms with Gasteiger partial charge in [0.15, 0.2) is 0 Å². The Morgan fingerprint density at radius 3 is 2.53 bits per heavy atom. The summed E-state index contributed by atoms with van der Waals surface area (Å²) >= 11 is 0. The summed E-state index contributed by atoms with van der Waals surface area (Å²) in [6.07, 6.45) is 4.36. The monoisotopic (exact) mass is 254 g/mol. The summed E-state index contributed by atoms with van der Waals surface area (Å²) in [4.78, 5) is 0. The highest BCUT2D eigenvalue weighted by molar-refractivity contribution is 6.13. The van der Waals surface area contributed by atoms with Crippen LogP contribution in [0.4, 0.5) is 0 Å². The lowest BCUT2D eigenvalue weighted by molar-refractivity contribution is 0.227. The van der Waals surface area contributed by atoms with E-state index >= 15 is 0 Å². The molecular weight excluding hydrogens is 231 g/mol. The van der Waals surface area contributed by atoms with Gasteiger partial charge in [-0.1, -0.05) is 57.3 Å². The number of para-hydroxylation sites is 1. The van der Waals surface area contributed by atoms with E-state index in [9.17, 15) is 0 Å². The van der Waals surface area contributed by atoms with Gasteiger partial charge < -0.3 is 4.74 Å². The number of hydrogen-bond acceptors (Lipinski definition) is 1. The lowest BCUT2D eigenvalue weighted by Gasteiger charge is -2.37. The Balaban J connectivity index is 2.34. The fourth-order valence-electron chi connectivity index (χ4n) is 2.84. The van der Waals surface area contributed by atoms with Crippen molar-refractivity contribution in [3.63, 3.8) is 0 Å². The Kier molecular flexibility index (Phi) is 4.08. The maximum Gasteiger partial charge on any atom is 0.126 e. The predicted molar refractivity (Wildman–Crippen MR) is 82.7 cm³/mol. The second kappa shape index (κ2) is 5.44. The minimum atomic E-state index is 0.151. The van der Waals surface area contributed by atoms with E-state index in [2.05, 4.69) is 39.0 Å². The molecule has 1 aromatic rings. The van der Waals surface area contributed by atoms with Gasteiger partial charge in [-0.15, -0.1) is 0 Å². The van der Waals surface area contributed by atoms with Gasteiger partial charge in [0.25, 0.3) is 0 Å². The topological polar surface area (TPSA) is 9.23 Å². The van der Waals surface area contributed by atoms with Crippen LogP contribution in [0.1, 0.15) is 39.2 Å². The first kappa shape index (κ1) is 14.2. The summed E-state index contributed by atoms with van der Waals surface area (Å²) in [6, 6.07) is 8.21. The molecule has 0 saturated heterocycles. The maximum atomic E-state index is 6.22. The fraction of sp³-hybridized carbons (Fsp3) is 0.529. The van der Waals surface area contributed by atoms with E-state index in [0.717, 1.165) is 18.6 Å². The van der Waals surface area contributed by atoms with Crippen molar-refractivity contribution in [3.8, 4) is 5.75 Å². The molecule has 100 valence electrons. The van der Waals surface area contributed by atoms with Gasteiger partial charge in [0.2, 0.25) is 0 Å². The molecule has 2 atom stereocenters. The van der Waals surface area contributed by atoms with Crippen molar-refractivity contribution in [1.29, 1.82) is 0 Å². The zero-order valence-corrected chi connectivity index (χ0v) is 12.4. The molecule has 2 heteroatoms. The van der Waals surface area contributed by atoms with Crippen LogP contribution in [0.25, 0.3) is 5.57 Å². The third-order valence-electron chi connectivity index (χ3n) is 4.12. The van der Waals surface area contributed by atoms with Gasteiger partial charge in [-0.25, -0.2) is 0 Å². The van der Waals surface area contributed by atoms with Crippen molar-refractivity contribution >= 4 is 13.4 Å². The second-order valence-corrected chi connectivity index (χ2v) is 6.56.